The Morgan fingerprint density at radius 3 is 2.40 bits per heavy atom. The Morgan fingerprint density at radius 2 is 1.72 bits per heavy atom. The number of rotatable bonds is 2. The first-order chi connectivity index (χ1) is 11.7. The Bertz CT molecular complexity index is 1020. The van der Waals surface area contributed by atoms with Crippen molar-refractivity contribution < 1.29 is 17.6 Å². The maximum atomic E-state index is 14.3. The van der Waals surface area contributed by atoms with Gasteiger partial charge in [0, 0.05) is 24.4 Å². The van der Waals surface area contributed by atoms with Crippen LogP contribution in [0.3, 0.4) is 0 Å². The second kappa shape index (κ2) is 6.02. The van der Waals surface area contributed by atoms with Gasteiger partial charge in [0.05, 0.1) is 11.1 Å². The first-order valence-electron chi connectivity index (χ1n) is 7.63. The molecular weight excluding hydrogens is 334 g/mol. The monoisotopic (exact) mass is 349 g/mol. The highest BCUT2D eigenvalue weighted by molar-refractivity contribution is 5.84. The van der Waals surface area contributed by atoms with E-state index in [0.717, 1.165) is 0 Å². The molecule has 3 aromatic rings. The summed E-state index contributed by atoms with van der Waals surface area (Å²) >= 11 is 0. The fraction of sp³-hybridized carbons (Fsp3) is 0.211. The van der Waals surface area contributed by atoms with Crippen molar-refractivity contribution in [2.45, 2.75) is 19.5 Å². The lowest BCUT2D eigenvalue weighted by Crippen LogP contribution is -2.27. The van der Waals surface area contributed by atoms with Gasteiger partial charge in [0.25, 0.3) is 5.56 Å². The van der Waals surface area contributed by atoms with E-state index in [-0.39, 0.29) is 16.5 Å². The number of fused-ring (bicyclic) bond motifs is 1. The highest BCUT2D eigenvalue weighted by atomic mass is 19.4. The number of para-hydroxylation sites is 1. The third kappa shape index (κ3) is 2.92. The van der Waals surface area contributed by atoms with Gasteiger partial charge in [0.15, 0.2) is 0 Å². The number of hydrogen-bond acceptors (Lipinski definition) is 1. The highest BCUT2D eigenvalue weighted by Gasteiger charge is 2.37. The number of hydrogen-bond donors (Lipinski definition) is 0. The summed E-state index contributed by atoms with van der Waals surface area (Å²) in [6, 6.07) is 10.3. The van der Waals surface area contributed by atoms with Crippen LogP contribution in [0.1, 0.15) is 22.3 Å². The molecule has 0 atom stereocenters. The van der Waals surface area contributed by atoms with Crippen LogP contribution in [-0.4, -0.2) is 4.57 Å². The number of aryl methyl sites for hydroxylation is 2. The van der Waals surface area contributed by atoms with E-state index >= 15 is 0 Å². The first kappa shape index (κ1) is 17.2. The summed E-state index contributed by atoms with van der Waals surface area (Å²) in [5.74, 6) is -0.592. The molecule has 25 heavy (non-hydrogen) atoms. The third-order valence-electron chi connectivity index (χ3n) is 4.32. The Kier molecular flexibility index (Phi) is 4.14. The first-order valence-corrected chi connectivity index (χ1v) is 7.63. The molecule has 2 nitrogen and oxygen atoms in total. The van der Waals surface area contributed by atoms with Gasteiger partial charge in [-0.3, -0.25) is 4.79 Å². The maximum absolute atomic E-state index is 14.3. The summed E-state index contributed by atoms with van der Waals surface area (Å²) in [7, 11) is 1.42. The fourth-order valence-electron chi connectivity index (χ4n) is 3.08. The van der Waals surface area contributed by atoms with Gasteiger partial charge in [-0.2, -0.15) is 13.2 Å². The zero-order chi connectivity index (χ0) is 18.4. The van der Waals surface area contributed by atoms with Gasteiger partial charge in [-0.1, -0.05) is 36.4 Å². The highest BCUT2D eigenvalue weighted by Crippen LogP contribution is 2.37. The van der Waals surface area contributed by atoms with Crippen LogP contribution in [-0.2, 0) is 19.6 Å². The molecule has 0 aliphatic carbocycles. The molecule has 0 radical (unpaired) electrons. The van der Waals surface area contributed by atoms with Crippen molar-refractivity contribution in [2.75, 3.05) is 0 Å². The minimum Gasteiger partial charge on any atom is -0.311 e. The number of nitrogens with zero attached hydrogens (tertiary/aromatic N) is 1. The molecule has 0 aliphatic heterocycles. The second-order valence-corrected chi connectivity index (χ2v) is 5.96. The smallest absolute Gasteiger partial charge is 0.311 e. The number of aromatic nitrogens is 1. The van der Waals surface area contributed by atoms with Crippen molar-refractivity contribution in [1.82, 2.24) is 4.57 Å². The number of alkyl halides is 3. The van der Waals surface area contributed by atoms with E-state index in [4.69, 9.17) is 0 Å². The number of pyridine rings is 1. The van der Waals surface area contributed by atoms with Gasteiger partial charge in [-0.05, 0) is 24.1 Å². The topological polar surface area (TPSA) is 22.0 Å². The van der Waals surface area contributed by atoms with Crippen LogP contribution in [0.2, 0.25) is 0 Å². The van der Waals surface area contributed by atoms with Gasteiger partial charge in [0.1, 0.15) is 5.82 Å². The molecule has 0 spiro atoms. The quantitative estimate of drug-likeness (QED) is 0.620. The van der Waals surface area contributed by atoms with Crippen LogP contribution in [0.5, 0.6) is 0 Å². The Balaban J connectivity index is 2.36. The largest absolute Gasteiger partial charge is 0.417 e. The van der Waals surface area contributed by atoms with E-state index in [2.05, 4.69) is 0 Å². The summed E-state index contributed by atoms with van der Waals surface area (Å²) in [6.07, 6.45) is -5.14. The Morgan fingerprint density at radius 1 is 1.04 bits per heavy atom. The lowest BCUT2D eigenvalue weighted by Gasteiger charge is -2.18. The van der Waals surface area contributed by atoms with Crippen molar-refractivity contribution in [3.63, 3.8) is 0 Å². The maximum Gasteiger partial charge on any atom is 0.417 e. The standard InChI is InChI=1S/C19H15F4NO/c1-11-6-5-7-12(17(11)20)10-14-16(19(21,22)23)13-8-3-4-9-15(13)24(2)18(14)25/h3-9H,10H2,1-2H3. The Hall–Kier alpha value is -2.63. The predicted octanol–water partition coefficient (Wildman–Crippen LogP) is 4.60. The molecule has 2 aromatic carbocycles. The summed E-state index contributed by atoms with van der Waals surface area (Å²) in [5, 5.41) is -0.0693. The van der Waals surface area contributed by atoms with E-state index in [1.807, 2.05) is 0 Å². The molecule has 1 heterocycles. The van der Waals surface area contributed by atoms with Gasteiger partial charge < -0.3 is 4.57 Å². The summed E-state index contributed by atoms with van der Waals surface area (Å²) in [6.45, 7) is 1.53. The molecular formula is C19H15F4NO. The van der Waals surface area contributed by atoms with Crippen LogP contribution in [0.15, 0.2) is 47.3 Å². The fourth-order valence-corrected chi connectivity index (χ4v) is 3.08. The molecule has 0 unspecified atom stereocenters. The average Bonchev–Trinajstić information content (AvgIpc) is 2.55. The molecule has 0 aliphatic rings. The predicted molar refractivity (Wildman–Crippen MR) is 88.1 cm³/mol. The van der Waals surface area contributed by atoms with Crippen molar-refractivity contribution in [1.29, 1.82) is 0 Å². The van der Waals surface area contributed by atoms with E-state index in [9.17, 15) is 22.4 Å². The van der Waals surface area contributed by atoms with E-state index in [1.54, 1.807) is 12.1 Å². The minimum absolute atomic E-state index is 0.0675. The van der Waals surface area contributed by atoms with Gasteiger partial charge in [0.2, 0.25) is 0 Å². The van der Waals surface area contributed by atoms with Crippen molar-refractivity contribution in [3.8, 4) is 0 Å². The number of benzene rings is 2. The van der Waals surface area contributed by atoms with Gasteiger partial charge >= 0.3 is 6.18 Å². The van der Waals surface area contributed by atoms with Crippen LogP contribution in [0, 0.1) is 12.7 Å². The van der Waals surface area contributed by atoms with Crippen molar-refractivity contribution in [2.24, 2.45) is 7.05 Å². The van der Waals surface area contributed by atoms with Gasteiger partial charge in [-0.25, -0.2) is 4.39 Å². The lowest BCUT2D eigenvalue weighted by molar-refractivity contribution is -0.137. The molecule has 0 amide bonds. The summed E-state index contributed by atoms with van der Waals surface area (Å²) in [5.41, 5.74) is -1.63. The normalized spacial score (nSPS) is 11.9. The average molecular weight is 349 g/mol. The van der Waals surface area contributed by atoms with Crippen LogP contribution in [0.25, 0.3) is 10.9 Å². The van der Waals surface area contributed by atoms with Gasteiger partial charge in [-0.15, -0.1) is 0 Å². The zero-order valence-corrected chi connectivity index (χ0v) is 13.6. The SMILES string of the molecule is Cc1cccc(Cc2c(C(F)(F)F)c3ccccc3n(C)c2=O)c1F. The molecule has 0 fully saturated rings. The third-order valence-corrected chi connectivity index (χ3v) is 4.32. The second-order valence-electron chi connectivity index (χ2n) is 5.96. The molecule has 0 bridgehead atoms. The molecule has 0 saturated heterocycles. The Labute approximate surface area is 141 Å². The molecule has 6 heteroatoms. The number of halogens is 4. The lowest BCUT2D eigenvalue weighted by atomic mass is 9.96. The minimum atomic E-state index is -4.72. The van der Waals surface area contributed by atoms with E-state index < -0.39 is 35.1 Å². The molecule has 0 N–H and O–H groups in total. The summed E-state index contributed by atoms with van der Waals surface area (Å²) in [4.78, 5) is 12.6. The molecule has 130 valence electrons. The summed E-state index contributed by atoms with van der Waals surface area (Å²) < 4.78 is 56.6. The van der Waals surface area contributed by atoms with Crippen LogP contribution in [0.4, 0.5) is 17.6 Å². The molecule has 0 saturated carbocycles. The molecule has 1 aromatic heterocycles. The van der Waals surface area contributed by atoms with Crippen LogP contribution < -0.4 is 5.56 Å². The van der Waals surface area contributed by atoms with Crippen molar-refractivity contribution in [3.05, 3.63) is 80.9 Å². The van der Waals surface area contributed by atoms with E-state index in [1.165, 1.54) is 48.9 Å². The zero-order valence-electron chi connectivity index (χ0n) is 13.6. The van der Waals surface area contributed by atoms with Crippen LogP contribution >= 0.6 is 0 Å². The van der Waals surface area contributed by atoms with E-state index in [0.29, 0.717) is 5.56 Å². The van der Waals surface area contributed by atoms with Crippen molar-refractivity contribution >= 4 is 10.9 Å². The molecule has 3 rings (SSSR count).